The van der Waals surface area contributed by atoms with Gasteiger partial charge in [-0.05, 0) is 13.0 Å². The van der Waals surface area contributed by atoms with Crippen LogP contribution >= 0.6 is 0 Å². The van der Waals surface area contributed by atoms with Crippen LogP contribution in [0.4, 0.5) is 0 Å². The van der Waals surface area contributed by atoms with Gasteiger partial charge in [0.05, 0.1) is 12.9 Å². The first-order valence-electron chi connectivity index (χ1n) is 4.06. The third-order valence-electron chi connectivity index (χ3n) is 1.60. The standard InChI is InChI=1S/C9H15NO2/c1-8-5-9(7-12-8)6-10-3-4-11-2/h5,7,10H,3-4,6H2,1-2H3. The third-order valence-corrected chi connectivity index (χ3v) is 1.60. The lowest BCUT2D eigenvalue weighted by atomic mass is 10.3. The number of hydrogen-bond donors (Lipinski definition) is 1. The van der Waals surface area contributed by atoms with Crippen LogP contribution in [-0.2, 0) is 11.3 Å². The average molecular weight is 169 g/mol. The molecule has 0 radical (unpaired) electrons. The van der Waals surface area contributed by atoms with Gasteiger partial charge < -0.3 is 14.5 Å². The van der Waals surface area contributed by atoms with Crippen molar-refractivity contribution in [2.24, 2.45) is 0 Å². The molecule has 1 aromatic heterocycles. The Bertz CT molecular complexity index is 220. The summed E-state index contributed by atoms with van der Waals surface area (Å²) < 4.78 is 10.0. The van der Waals surface area contributed by atoms with Crippen molar-refractivity contribution in [2.45, 2.75) is 13.5 Å². The number of rotatable bonds is 5. The van der Waals surface area contributed by atoms with Gasteiger partial charge in [0, 0.05) is 25.8 Å². The molecule has 1 N–H and O–H groups in total. The Morgan fingerprint density at radius 1 is 1.58 bits per heavy atom. The van der Waals surface area contributed by atoms with Crippen LogP contribution in [-0.4, -0.2) is 20.3 Å². The van der Waals surface area contributed by atoms with E-state index in [1.165, 1.54) is 5.56 Å². The van der Waals surface area contributed by atoms with Crippen molar-refractivity contribution in [2.75, 3.05) is 20.3 Å². The highest BCUT2D eigenvalue weighted by atomic mass is 16.5. The molecule has 1 heterocycles. The fourth-order valence-electron chi connectivity index (χ4n) is 0.997. The largest absolute Gasteiger partial charge is 0.469 e. The second-order valence-corrected chi connectivity index (χ2v) is 2.74. The van der Waals surface area contributed by atoms with Crippen molar-refractivity contribution in [3.05, 3.63) is 23.7 Å². The molecule has 0 fully saturated rings. The zero-order valence-corrected chi connectivity index (χ0v) is 7.59. The maximum absolute atomic E-state index is 5.15. The zero-order valence-electron chi connectivity index (χ0n) is 7.59. The molecule has 0 aliphatic carbocycles. The average Bonchev–Trinajstić information content (AvgIpc) is 2.45. The molecule has 1 aromatic rings. The zero-order chi connectivity index (χ0) is 8.81. The highest BCUT2D eigenvalue weighted by Crippen LogP contribution is 2.04. The summed E-state index contributed by atoms with van der Waals surface area (Å²) in [5.41, 5.74) is 1.18. The van der Waals surface area contributed by atoms with E-state index in [4.69, 9.17) is 9.15 Å². The first-order valence-corrected chi connectivity index (χ1v) is 4.06. The van der Waals surface area contributed by atoms with Crippen molar-refractivity contribution >= 4 is 0 Å². The van der Waals surface area contributed by atoms with E-state index in [-0.39, 0.29) is 0 Å². The maximum Gasteiger partial charge on any atom is 0.101 e. The van der Waals surface area contributed by atoms with Crippen molar-refractivity contribution in [3.8, 4) is 0 Å². The Labute approximate surface area is 72.7 Å². The lowest BCUT2D eigenvalue weighted by molar-refractivity contribution is 0.199. The van der Waals surface area contributed by atoms with Crippen LogP contribution in [0.1, 0.15) is 11.3 Å². The molecule has 0 atom stereocenters. The van der Waals surface area contributed by atoms with Gasteiger partial charge in [0.15, 0.2) is 0 Å². The van der Waals surface area contributed by atoms with Crippen LogP contribution in [0.2, 0.25) is 0 Å². The Morgan fingerprint density at radius 3 is 3.00 bits per heavy atom. The minimum atomic E-state index is 0.747. The van der Waals surface area contributed by atoms with Crippen molar-refractivity contribution < 1.29 is 9.15 Å². The molecule has 0 aliphatic rings. The minimum absolute atomic E-state index is 0.747. The van der Waals surface area contributed by atoms with E-state index in [9.17, 15) is 0 Å². The SMILES string of the molecule is COCCNCc1coc(C)c1. The molecule has 1 rings (SSSR count). The van der Waals surface area contributed by atoms with E-state index in [0.29, 0.717) is 0 Å². The van der Waals surface area contributed by atoms with E-state index in [2.05, 4.69) is 5.32 Å². The van der Waals surface area contributed by atoms with Crippen LogP contribution in [0.25, 0.3) is 0 Å². The molecule has 0 saturated carbocycles. The van der Waals surface area contributed by atoms with Gasteiger partial charge in [-0.25, -0.2) is 0 Å². The molecule has 0 aromatic carbocycles. The second kappa shape index (κ2) is 4.95. The predicted octanol–water partition coefficient (Wildman–Crippen LogP) is 1.32. The summed E-state index contributed by atoms with van der Waals surface area (Å²) in [5, 5.41) is 3.23. The van der Waals surface area contributed by atoms with Gasteiger partial charge in [-0.2, -0.15) is 0 Å². The molecular weight excluding hydrogens is 154 g/mol. The molecule has 0 aliphatic heterocycles. The quantitative estimate of drug-likeness (QED) is 0.675. The van der Waals surface area contributed by atoms with Gasteiger partial charge in [-0.3, -0.25) is 0 Å². The van der Waals surface area contributed by atoms with Gasteiger partial charge in [0.25, 0.3) is 0 Å². The second-order valence-electron chi connectivity index (χ2n) is 2.74. The lowest BCUT2D eigenvalue weighted by Gasteiger charge is -2.00. The van der Waals surface area contributed by atoms with E-state index in [1.807, 2.05) is 13.0 Å². The summed E-state index contributed by atoms with van der Waals surface area (Å²) >= 11 is 0. The maximum atomic E-state index is 5.15. The molecule has 0 unspecified atom stereocenters. The number of furan rings is 1. The van der Waals surface area contributed by atoms with Crippen molar-refractivity contribution in [1.82, 2.24) is 5.32 Å². The number of ether oxygens (including phenoxy) is 1. The number of hydrogen-bond acceptors (Lipinski definition) is 3. The summed E-state index contributed by atoms with van der Waals surface area (Å²) in [6.45, 7) is 4.41. The highest BCUT2D eigenvalue weighted by Gasteiger charge is 1.95. The van der Waals surface area contributed by atoms with Gasteiger partial charge in [0.2, 0.25) is 0 Å². The molecule has 12 heavy (non-hydrogen) atoms. The van der Waals surface area contributed by atoms with Gasteiger partial charge in [-0.1, -0.05) is 0 Å². The van der Waals surface area contributed by atoms with Gasteiger partial charge in [0.1, 0.15) is 5.76 Å². The van der Waals surface area contributed by atoms with E-state index in [0.717, 1.165) is 25.5 Å². The van der Waals surface area contributed by atoms with Crippen LogP contribution in [0.15, 0.2) is 16.7 Å². The van der Waals surface area contributed by atoms with Crippen molar-refractivity contribution in [1.29, 1.82) is 0 Å². The first kappa shape index (κ1) is 9.29. The fourth-order valence-corrected chi connectivity index (χ4v) is 0.997. The molecule has 0 spiro atoms. The Hall–Kier alpha value is -0.800. The number of aryl methyl sites for hydroxylation is 1. The summed E-state index contributed by atoms with van der Waals surface area (Å²) in [5.74, 6) is 0.957. The third kappa shape index (κ3) is 3.07. The summed E-state index contributed by atoms with van der Waals surface area (Å²) in [6.07, 6.45) is 1.77. The smallest absolute Gasteiger partial charge is 0.101 e. The summed E-state index contributed by atoms with van der Waals surface area (Å²) in [4.78, 5) is 0. The monoisotopic (exact) mass is 169 g/mol. The molecular formula is C9H15NO2. The topological polar surface area (TPSA) is 34.4 Å². The van der Waals surface area contributed by atoms with Crippen LogP contribution in [0.5, 0.6) is 0 Å². The predicted molar refractivity (Wildman–Crippen MR) is 47.0 cm³/mol. The Morgan fingerprint density at radius 2 is 2.42 bits per heavy atom. The number of nitrogens with one attached hydrogen (secondary N) is 1. The minimum Gasteiger partial charge on any atom is -0.469 e. The van der Waals surface area contributed by atoms with Gasteiger partial charge in [-0.15, -0.1) is 0 Å². The Kier molecular flexibility index (Phi) is 3.84. The van der Waals surface area contributed by atoms with E-state index < -0.39 is 0 Å². The normalized spacial score (nSPS) is 10.5. The molecule has 3 heteroatoms. The highest BCUT2D eigenvalue weighted by molar-refractivity contribution is 5.10. The van der Waals surface area contributed by atoms with Crippen LogP contribution in [0.3, 0.4) is 0 Å². The summed E-state index contributed by atoms with van der Waals surface area (Å²) in [7, 11) is 1.70. The number of methoxy groups -OCH3 is 1. The van der Waals surface area contributed by atoms with E-state index in [1.54, 1.807) is 13.4 Å². The van der Waals surface area contributed by atoms with E-state index >= 15 is 0 Å². The molecule has 3 nitrogen and oxygen atoms in total. The molecule has 0 saturated heterocycles. The Balaban J connectivity index is 2.15. The van der Waals surface area contributed by atoms with Crippen molar-refractivity contribution in [3.63, 3.8) is 0 Å². The fraction of sp³-hybridized carbons (Fsp3) is 0.556. The summed E-state index contributed by atoms with van der Waals surface area (Å²) in [6, 6.07) is 2.03. The molecule has 0 amide bonds. The van der Waals surface area contributed by atoms with Gasteiger partial charge >= 0.3 is 0 Å². The van der Waals surface area contributed by atoms with Crippen LogP contribution in [0, 0.1) is 6.92 Å². The molecule has 68 valence electrons. The first-order chi connectivity index (χ1) is 5.83. The molecule has 0 bridgehead atoms. The lowest BCUT2D eigenvalue weighted by Crippen LogP contribution is -2.18. The van der Waals surface area contributed by atoms with Crippen LogP contribution < -0.4 is 5.32 Å².